The van der Waals surface area contributed by atoms with Gasteiger partial charge in [0.1, 0.15) is 6.61 Å². The number of aryl methyl sites for hydroxylation is 1. The number of rotatable bonds is 7. The second-order valence-corrected chi connectivity index (χ2v) is 3.48. The SMILES string of the molecule is CCOCCCC(=O)OCc1cnn(C)c1. The summed E-state index contributed by atoms with van der Waals surface area (Å²) in [6.45, 7) is 3.52. The van der Waals surface area contributed by atoms with Crippen molar-refractivity contribution in [3.8, 4) is 0 Å². The number of carbonyl (C=O) groups excluding carboxylic acids is 1. The lowest BCUT2D eigenvalue weighted by atomic mass is 10.3. The summed E-state index contributed by atoms with van der Waals surface area (Å²) in [7, 11) is 1.83. The Balaban J connectivity index is 2.10. The number of nitrogens with zero attached hydrogens (tertiary/aromatic N) is 2. The zero-order valence-electron chi connectivity index (χ0n) is 9.81. The summed E-state index contributed by atoms with van der Waals surface area (Å²) < 4.78 is 11.9. The quantitative estimate of drug-likeness (QED) is 0.519. The molecule has 0 aliphatic carbocycles. The molecule has 0 aliphatic heterocycles. The molecule has 1 aromatic rings. The maximum absolute atomic E-state index is 11.3. The van der Waals surface area contributed by atoms with Gasteiger partial charge in [-0.25, -0.2) is 0 Å². The Morgan fingerprint density at radius 1 is 1.56 bits per heavy atom. The molecule has 0 bridgehead atoms. The van der Waals surface area contributed by atoms with Crippen molar-refractivity contribution in [3.05, 3.63) is 18.0 Å². The summed E-state index contributed by atoms with van der Waals surface area (Å²) in [5.41, 5.74) is 0.903. The molecule has 0 radical (unpaired) electrons. The lowest BCUT2D eigenvalue weighted by Gasteiger charge is -2.03. The normalized spacial score (nSPS) is 10.4. The van der Waals surface area contributed by atoms with Crippen molar-refractivity contribution in [2.24, 2.45) is 7.05 Å². The van der Waals surface area contributed by atoms with Gasteiger partial charge in [-0.05, 0) is 13.3 Å². The second kappa shape index (κ2) is 7.00. The Morgan fingerprint density at radius 2 is 2.38 bits per heavy atom. The van der Waals surface area contributed by atoms with Gasteiger partial charge in [0.15, 0.2) is 0 Å². The molecule has 90 valence electrons. The van der Waals surface area contributed by atoms with Crippen LogP contribution in [0, 0.1) is 0 Å². The molecule has 0 aliphatic rings. The summed E-state index contributed by atoms with van der Waals surface area (Å²) in [5, 5.41) is 3.99. The molecule has 0 unspecified atom stereocenters. The van der Waals surface area contributed by atoms with Crippen LogP contribution in [0.3, 0.4) is 0 Å². The monoisotopic (exact) mass is 226 g/mol. The van der Waals surface area contributed by atoms with E-state index in [0.29, 0.717) is 32.7 Å². The van der Waals surface area contributed by atoms with Crippen molar-refractivity contribution in [2.45, 2.75) is 26.4 Å². The Bertz CT molecular complexity index is 323. The average molecular weight is 226 g/mol. The average Bonchev–Trinajstić information content (AvgIpc) is 2.68. The lowest BCUT2D eigenvalue weighted by Crippen LogP contribution is -2.06. The number of esters is 1. The third-order valence-corrected chi connectivity index (χ3v) is 2.03. The van der Waals surface area contributed by atoms with Crippen molar-refractivity contribution in [3.63, 3.8) is 0 Å². The van der Waals surface area contributed by atoms with Gasteiger partial charge in [-0.15, -0.1) is 0 Å². The maximum atomic E-state index is 11.3. The molecule has 0 N–H and O–H groups in total. The molecule has 16 heavy (non-hydrogen) atoms. The number of ether oxygens (including phenoxy) is 2. The standard InChI is InChI=1S/C11H18N2O3/c1-3-15-6-4-5-11(14)16-9-10-7-12-13(2)8-10/h7-8H,3-6,9H2,1-2H3. The molecule has 0 saturated carbocycles. The highest BCUT2D eigenvalue weighted by Crippen LogP contribution is 2.01. The predicted molar refractivity (Wildman–Crippen MR) is 58.7 cm³/mol. The Labute approximate surface area is 95.3 Å². The van der Waals surface area contributed by atoms with E-state index in [1.54, 1.807) is 10.9 Å². The Hall–Kier alpha value is -1.36. The minimum absolute atomic E-state index is 0.191. The van der Waals surface area contributed by atoms with Gasteiger partial charge in [0.2, 0.25) is 0 Å². The topological polar surface area (TPSA) is 53.4 Å². The van der Waals surface area contributed by atoms with Crippen molar-refractivity contribution < 1.29 is 14.3 Å². The third kappa shape index (κ3) is 4.93. The first kappa shape index (κ1) is 12.7. The van der Waals surface area contributed by atoms with E-state index in [-0.39, 0.29) is 5.97 Å². The van der Waals surface area contributed by atoms with E-state index < -0.39 is 0 Å². The van der Waals surface area contributed by atoms with Crippen molar-refractivity contribution in [1.82, 2.24) is 9.78 Å². The third-order valence-electron chi connectivity index (χ3n) is 2.03. The zero-order chi connectivity index (χ0) is 11.8. The van der Waals surface area contributed by atoms with Crippen LogP contribution in [-0.4, -0.2) is 29.0 Å². The number of hydrogen-bond acceptors (Lipinski definition) is 4. The molecule has 1 aromatic heterocycles. The number of aromatic nitrogens is 2. The first-order chi connectivity index (χ1) is 7.72. The largest absolute Gasteiger partial charge is 0.461 e. The minimum atomic E-state index is -0.191. The first-order valence-corrected chi connectivity index (χ1v) is 5.43. The van der Waals surface area contributed by atoms with E-state index >= 15 is 0 Å². The van der Waals surface area contributed by atoms with Crippen LogP contribution >= 0.6 is 0 Å². The zero-order valence-corrected chi connectivity index (χ0v) is 9.81. The van der Waals surface area contributed by atoms with Gasteiger partial charge < -0.3 is 9.47 Å². The molecular formula is C11H18N2O3. The highest BCUT2D eigenvalue weighted by atomic mass is 16.5. The molecule has 1 rings (SSSR count). The summed E-state index contributed by atoms with van der Waals surface area (Å²) in [5.74, 6) is -0.191. The number of carbonyl (C=O) groups is 1. The highest BCUT2D eigenvalue weighted by molar-refractivity contribution is 5.69. The molecular weight excluding hydrogens is 208 g/mol. The fourth-order valence-electron chi connectivity index (χ4n) is 1.25. The van der Waals surface area contributed by atoms with Crippen LogP contribution in [-0.2, 0) is 27.9 Å². The lowest BCUT2D eigenvalue weighted by molar-refractivity contribution is -0.145. The Kier molecular flexibility index (Phi) is 5.56. The molecule has 0 atom stereocenters. The molecule has 5 heteroatoms. The minimum Gasteiger partial charge on any atom is -0.461 e. The van der Waals surface area contributed by atoms with Crippen LogP contribution in [0.1, 0.15) is 25.3 Å². The van der Waals surface area contributed by atoms with Gasteiger partial charge in [-0.3, -0.25) is 9.48 Å². The van der Waals surface area contributed by atoms with Crippen LogP contribution in [0.2, 0.25) is 0 Å². The van der Waals surface area contributed by atoms with Gasteiger partial charge >= 0.3 is 5.97 Å². The van der Waals surface area contributed by atoms with Crippen LogP contribution in [0.4, 0.5) is 0 Å². The van der Waals surface area contributed by atoms with Gasteiger partial charge in [0, 0.05) is 38.4 Å². The summed E-state index contributed by atoms with van der Waals surface area (Å²) in [4.78, 5) is 11.3. The second-order valence-electron chi connectivity index (χ2n) is 3.48. The van der Waals surface area contributed by atoms with Gasteiger partial charge in [-0.1, -0.05) is 0 Å². The molecule has 1 heterocycles. The summed E-state index contributed by atoms with van der Waals surface area (Å²) >= 11 is 0. The Morgan fingerprint density at radius 3 is 3.00 bits per heavy atom. The molecule has 0 saturated heterocycles. The first-order valence-electron chi connectivity index (χ1n) is 5.43. The van der Waals surface area contributed by atoms with Crippen LogP contribution in [0.5, 0.6) is 0 Å². The van der Waals surface area contributed by atoms with E-state index in [1.165, 1.54) is 0 Å². The highest BCUT2D eigenvalue weighted by Gasteiger charge is 2.04. The van der Waals surface area contributed by atoms with Crippen molar-refractivity contribution in [1.29, 1.82) is 0 Å². The van der Waals surface area contributed by atoms with Gasteiger partial charge in [-0.2, -0.15) is 5.10 Å². The van der Waals surface area contributed by atoms with E-state index in [0.717, 1.165) is 5.56 Å². The maximum Gasteiger partial charge on any atom is 0.306 e. The van der Waals surface area contributed by atoms with Gasteiger partial charge in [0.05, 0.1) is 6.20 Å². The predicted octanol–water partition coefficient (Wildman–Crippen LogP) is 1.28. The van der Waals surface area contributed by atoms with E-state index in [2.05, 4.69) is 5.10 Å². The van der Waals surface area contributed by atoms with Crippen molar-refractivity contribution in [2.75, 3.05) is 13.2 Å². The van der Waals surface area contributed by atoms with Crippen LogP contribution in [0.15, 0.2) is 12.4 Å². The van der Waals surface area contributed by atoms with Gasteiger partial charge in [0.25, 0.3) is 0 Å². The summed E-state index contributed by atoms with van der Waals surface area (Å²) in [6, 6.07) is 0. The van der Waals surface area contributed by atoms with Crippen molar-refractivity contribution >= 4 is 5.97 Å². The molecule has 0 spiro atoms. The molecule has 5 nitrogen and oxygen atoms in total. The summed E-state index contributed by atoms with van der Waals surface area (Å²) in [6.07, 6.45) is 4.63. The molecule has 0 aromatic carbocycles. The smallest absolute Gasteiger partial charge is 0.306 e. The fraction of sp³-hybridized carbons (Fsp3) is 0.636. The number of hydrogen-bond donors (Lipinski definition) is 0. The fourth-order valence-corrected chi connectivity index (χ4v) is 1.25. The molecule has 0 fully saturated rings. The van der Waals surface area contributed by atoms with E-state index in [4.69, 9.17) is 9.47 Å². The van der Waals surface area contributed by atoms with E-state index in [1.807, 2.05) is 20.2 Å². The molecule has 0 amide bonds. The van der Waals surface area contributed by atoms with Crippen LogP contribution in [0.25, 0.3) is 0 Å². The van der Waals surface area contributed by atoms with E-state index in [9.17, 15) is 4.79 Å². The van der Waals surface area contributed by atoms with Crippen LogP contribution < -0.4 is 0 Å².